The molecule has 0 atom stereocenters. The van der Waals surface area contributed by atoms with Gasteiger partial charge in [0.2, 0.25) is 5.91 Å². The maximum Gasteiger partial charge on any atom is 0.233 e. The summed E-state index contributed by atoms with van der Waals surface area (Å²) in [6, 6.07) is 12.7. The SMILES string of the molecule is Cc1cc(C)c2sc(N(CCCN(C)C)C(=O)Cc3ccc(SC(C)C)cc3)nc2c1. The highest BCUT2D eigenvalue weighted by Gasteiger charge is 2.20. The first-order valence-corrected chi connectivity index (χ1v) is 12.5. The van der Waals surface area contributed by atoms with E-state index in [9.17, 15) is 4.79 Å². The molecule has 0 radical (unpaired) electrons. The average molecular weight is 456 g/mol. The van der Waals surface area contributed by atoms with Gasteiger partial charge in [0.05, 0.1) is 16.6 Å². The Morgan fingerprint density at radius 1 is 1.10 bits per heavy atom. The minimum Gasteiger partial charge on any atom is -0.309 e. The van der Waals surface area contributed by atoms with E-state index in [1.165, 1.54) is 20.7 Å². The minimum atomic E-state index is 0.108. The fourth-order valence-corrected chi connectivity index (χ4v) is 5.48. The van der Waals surface area contributed by atoms with Gasteiger partial charge in [-0.1, -0.05) is 43.4 Å². The van der Waals surface area contributed by atoms with E-state index in [-0.39, 0.29) is 5.91 Å². The van der Waals surface area contributed by atoms with Crippen LogP contribution < -0.4 is 4.90 Å². The van der Waals surface area contributed by atoms with Crippen LogP contribution >= 0.6 is 23.1 Å². The number of aryl methyl sites for hydroxylation is 2. The van der Waals surface area contributed by atoms with Crippen molar-refractivity contribution >= 4 is 44.4 Å². The molecule has 0 unspecified atom stereocenters. The van der Waals surface area contributed by atoms with Crippen LogP contribution in [0.15, 0.2) is 41.3 Å². The molecule has 3 aromatic rings. The topological polar surface area (TPSA) is 36.4 Å². The number of amides is 1. The van der Waals surface area contributed by atoms with E-state index in [1.54, 1.807) is 11.3 Å². The molecule has 3 rings (SSSR count). The van der Waals surface area contributed by atoms with Gasteiger partial charge in [-0.05, 0) is 75.8 Å². The number of thioether (sulfide) groups is 1. The molecule has 0 aliphatic rings. The Labute approximate surface area is 194 Å². The van der Waals surface area contributed by atoms with E-state index in [1.807, 2.05) is 16.7 Å². The molecular formula is C25H33N3OS2. The summed E-state index contributed by atoms with van der Waals surface area (Å²) in [4.78, 5) is 23.5. The van der Waals surface area contributed by atoms with Crippen LogP contribution in [0.5, 0.6) is 0 Å². The lowest BCUT2D eigenvalue weighted by Gasteiger charge is -2.21. The highest BCUT2D eigenvalue weighted by atomic mass is 32.2. The molecule has 0 fully saturated rings. The normalized spacial score (nSPS) is 11.6. The van der Waals surface area contributed by atoms with Gasteiger partial charge in [0.25, 0.3) is 0 Å². The fourth-order valence-electron chi connectivity index (χ4n) is 3.58. The number of benzene rings is 2. The van der Waals surface area contributed by atoms with E-state index in [4.69, 9.17) is 4.98 Å². The molecule has 0 aliphatic carbocycles. The molecule has 6 heteroatoms. The van der Waals surface area contributed by atoms with E-state index in [2.05, 4.69) is 83.1 Å². The quantitative estimate of drug-likeness (QED) is 0.374. The number of fused-ring (bicyclic) bond motifs is 1. The lowest BCUT2D eigenvalue weighted by Crippen LogP contribution is -2.34. The van der Waals surface area contributed by atoms with Crippen molar-refractivity contribution in [1.29, 1.82) is 0 Å². The van der Waals surface area contributed by atoms with Crippen LogP contribution in [-0.4, -0.2) is 48.2 Å². The zero-order valence-corrected chi connectivity index (χ0v) is 21.1. The standard InChI is InChI=1S/C25H33N3OS2/c1-17(2)30-21-10-8-20(9-11-21)16-23(29)28(13-7-12-27(5)6)25-26-22-15-18(3)14-19(4)24(22)31-25/h8-11,14-15,17H,7,12-13,16H2,1-6H3. The molecule has 0 N–H and O–H groups in total. The first-order chi connectivity index (χ1) is 14.7. The van der Waals surface area contributed by atoms with E-state index >= 15 is 0 Å². The van der Waals surface area contributed by atoms with E-state index < -0.39 is 0 Å². The highest BCUT2D eigenvalue weighted by molar-refractivity contribution is 7.99. The summed E-state index contributed by atoms with van der Waals surface area (Å²) in [5, 5.41) is 1.35. The Kier molecular flexibility index (Phi) is 8.14. The van der Waals surface area contributed by atoms with Crippen molar-refractivity contribution in [2.45, 2.75) is 50.7 Å². The number of hydrogen-bond acceptors (Lipinski definition) is 5. The van der Waals surface area contributed by atoms with E-state index in [0.29, 0.717) is 18.2 Å². The smallest absolute Gasteiger partial charge is 0.233 e. The number of anilines is 1. The molecule has 166 valence electrons. The predicted molar refractivity (Wildman–Crippen MR) is 136 cm³/mol. The number of aromatic nitrogens is 1. The molecule has 0 saturated heterocycles. The Balaban J connectivity index is 1.82. The molecule has 31 heavy (non-hydrogen) atoms. The summed E-state index contributed by atoms with van der Waals surface area (Å²) >= 11 is 3.46. The maximum absolute atomic E-state index is 13.4. The van der Waals surface area contributed by atoms with E-state index in [0.717, 1.165) is 29.2 Å². The third-order valence-corrected chi connectivity index (χ3v) is 7.22. The molecule has 2 aromatic carbocycles. The van der Waals surface area contributed by atoms with Crippen LogP contribution in [-0.2, 0) is 11.2 Å². The monoisotopic (exact) mass is 455 g/mol. The highest BCUT2D eigenvalue weighted by Crippen LogP contribution is 2.32. The van der Waals surface area contributed by atoms with Gasteiger partial charge in [-0.15, -0.1) is 11.8 Å². The van der Waals surface area contributed by atoms with Crippen LogP contribution in [0.4, 0.5) is 5.13 Å². The molecule has 1 heterocycles. The largest absolute Gasteiger partial charge is 0.309 e. The molecule has 0 saturated carbocycles. The predicted octanol–water partition coefficient (Wildman–Crippen LogP) is 5.94. The number of carbonyl (C=O) groups excluding carboxylic acids is 1. The molecule has 1 amide bonds. The number of thiazole rings is 1. The molecular weight excluding hydrogens is 422 g/mol. The molecule has 1 aromatic heterocycles. The van der Waals surface area contributed by atoms with Gasteiger partial charge in [-0.3, -0.25) is 9.69 Å². The number of nitrogens with zero attached hydrogens (tertiary/aromatic N) is 3. The number of hydrogen-bond donors (Lipinski definition) is 0. The van der Waals surface area contributed by atoms with Crippen LogP contribution in [0.1, 0.15) is 37.0 Å². The van der Waals surface area contributed by atoms with Gasteiger partial charge in [0.1, 0.15) is 0 Å². The van der Waals surface area contributed by atoms with Crippen molar-refractivity contribution in [2.24, 2.45) is 0 Å². The average Bonchev–Trinajstić information content (AvgIpc) is 3.10. The second kappa shape index (κ2) is 10.6. The van der Waals surface area contributed by atoms with Crippen molar-refractivity contribution < 1.29 is 4.79 Å². The summed E-state index contributed by atoms with van der Waals surface area (Å²) in [5.41, 5.74) is 4.45. The molecule has 0 spiro atoms. The van der Waals surface area contributed by atoms with Crippen LogP contribution in [0.3, 0.4) is 0 Å². The van der Waals surface area contributed by atoms with Gasteiger partial charge in [-0.2, -0.15) is 0 Å². The second-order valence-corrected chi connectivity index (χ2v) is 11.2. The second-order valence-electron chi connectivity index (χ2n) is 8.62. The van der Waals surface area contributed by atoms with Crippen molar-refractivity contribution in [1.82, 2.24) is 9.88 Å². The van der Waals surface area contributed by atoms with Crippen molar-refractivity contribution in [3.63, 3.8) is 0 Å². The van der Waals surface area contributed by atoms with Gasteiger partial charge in [0.15, 0.2) is 5.13 Å². The third-order valence-electron chi connectivity index (χ3n) is 4.98. The Bertz CT molecular complexity index is 1030. The summed E-state index contributed by atoms with van der Waals surface area (Å²) in [6.07, 6.45) is 1.30. The number of rotatable bonds is 9. The molecule has 0 bridgehead atoms. The van der Waals surface area contributed by atoms with Crippen LogP contribution in [0.25, 0.3) is 10.2 Å². The lowest BCUT2D eigenvalue weighted by molar-refractivity contribution is -0.118. The Hall–Kier alpha value is -1.89. The van der Waals surface area contributed by atoms with Gasteiger partial charge in [-0.25, -0.2) is 4.98 Å². The van der Waals surface area contributed by atoms with Gasteiger partial charge < -0.3 is 4.90 Å². The summed E-state index contributed by atoms with van der Waals surface area (Å²) in [6.45, 7) is 10.2. The van der Waals surface area contributed by atoms with Crippen LogP contribution in [0, 0.1) is 13.8 Å². The fraction of sp³-hybridized carbons (Fsp3) is 0.440. The third kappa shape index (κ3) is 6.55. The van der Waals surface area contributed by atoms with Crippen molar-refractivity contribution in [3.05, 3.63) is 53.1 Å². The van der Waals surface area contributed by atoms with Gasteiger partial charge >= 0.3 is 0 Å². The first kappa shape index (κ1) is 23.8. The first-order valence-electron chi connectivity index (χ1n) is 10.8. The Morgan fingerprint density at radius 2 is 1.81 bits per heavy atom. The summed E-state index contributed by atoms with van der Waals surface area (Å²) in [7, 11) is 4.12. The summed E-state index contributed by atoms with van der Waals surface area (Å²) in [5.74, 6) is 0.108. The van der Waals surface area contributed by atoms with Gasteiger partial charge in [0, 0.05) is 16.7 Å². The van der Waals surface area contributed by atoms with Crippen molar-refractivity contribution in [2.75, 3.05) is 32.1 Å². The number of carbonyl (C=O) groups is 1. The summed E-state index contributed by atoms with van der Waals surface area (Å²) < 4.78 is 1.17. The Morgan fingerprint density at radius 3 is 2.45 bits per heavy atom. The lowest BCUT2D eigenvalue weighted by atomic mass is 10.1. The molecule has 0 aliphatic heterocycles. The van der Waals surface area contributed by atoms with Crippen molar-refractivity contribution in [3.8, 4) is 0 Å². The molecule has 4 nitrogen and oxygen atoms in total. The van der Waals surface area contributed by atoms with Crippen LogP contribution in [0.2, 0.25) is 0 Å². The zero-order chi connectivity index (χ0) is 22.5. The zero-order valence-electron chi connectivity index (χ0n) is 19.4. The maximum atomic E-state index is 13.4. The minimum absolute atomic E-state index is 0.108.